The second-order valence-corrected chi connectivity index (χ2v) is 9.54. The monoisotopic (exact) mass is 598 g/mol. The Bertz CT molecular complexity index is 1110. The molecule has 0 radical (unpaired) electrons. The van der Waals surface area contributed by atoms with Crippen molar-refractivity contribution in [1.29, 1.82) is 0 Å². The number of hydrogen-bond acceptors (Lipinski definition) is 9. The summed E-state index contributed by atoms with van der Waals surface area (Å²) in [5, 5.41) is 23.0. The van der Waals surface area contributed by atoms with Crippen LogP contribution < -0.4 is 10.6 Å². The first-order chi connectivity index (χ1) is 19.1. The van der Waals surface area contributed by atoms with Gasteiger partial charge in [0.2, 0.25) is 5.95 Å². The molecule has 0 unspecified atom stereocenters. The van der Waals surface area contributed by atoms with Crippen LogP contribution in [0.1, 0.15) is 43.4 Å². The smallest absolute Gasteiger partial charge is 0.475 e. The van der Waals surface area contributed by atoms with E-state index in [0.29, 0.717) is 11.7 Å². The number of alkyl halides is 6. The number of nitrogens with two attached hydrogens (primary N) is 1. The van der Waals surface area contributed by atoms with Crippen LogP contribution in [0.3, 0.4) is 0 Å². The lowest BCUT2D eigenvalue weighted by molar-refractivity contribution is -0.193. The Morgan fingerprint density at radius 1 is 0.976 bits per heavy atom. The number of rotatable bonds is 5. The van der Waals surface area contributed by atoms with E-state index in [1.54, 1.807) is 0 Å². The van der Waals surface area contributed by atoms with E-state index in [0.717, 1.165) is 56.2 Å². The minimum absolute atomic E-state index is 0.575. The van der Waals surface area contributed by atoms with E-state index < -0.39 is 24.3 Å². The number of aryl methyl sites for hydroxylation is 1. The van der Waals surface area contributed by atoms with Crippen molar-refractivity contribution >= 4 is 23.7 Å². The van der Waals surface area contributed by atoms with E-state index in [9.17, 15) is 26.3 Å². The molecule has 0 aliphatic carbocycles. The van der Waals surface area contributed by atoms with Crippen LogP contribution >= 0.6 is 0 Å². The number of aromatic nitrogens is 5. The number of piperidine rings is 2. The van der Waals surface area contributed by atoms with E-state index in [1.165, 1.54) is 32.4 Å². The zero-order chi connectivity index (χ0) is 30.8. The Hall–Kier alpha value is -3.70. The molecule has 0 atom stereocenters. The fraction of sp³-hybridized carbons (Fsp3) is 0.652. The highest BCUT2D eigenvalue weighted by atomic mass is 19.4. The van der Waals surface area contributed by atoms with Gasteiger partial charge in [0.05, 0.1) is 5.69 Å². The number of nitrogens with zero attached hydrogens (tertiary/aromatic N) is 7. The lowest BCUT2D eigenvalue weighted by atomic mass is 9.97. The summed E-state index contributed by atoms with van der Waals surface area (Å²) in [4.78, 5) is 31.4. The lowest BCUT2D eigenvalue weighted by Gasteiger charge is -2.31. The normalized spacial score (nSPS) is 16.7. The molecule has 2 aromatic heterocycles. The minimum Gasteiger partial charge on any atom is -0.475 e. The summed E-state index contributed by atoms with van der Waals surface area (Å²) in [5.74, 6) is -3.57. The molecule has 2 saturated heterocycles. The van der Waals surface area contributed by atoms with E-state index in [2.05, 4.69) is 36.3 Å². The Balaban J connectivity index is 0.000000349. The molecule has 4 N–H and O–H groups in total. The maximum absolute atomic E-state index is 10.6. The second-order valence-electron chi connectivity index (χ2n) is 9.54. The number of aliphatic carboxylic acids is 2. The van der Waals surface area contributed by atoms with Crippen LogP contribution in [-0.2, 0) is 22.7 Å². The third-order valence-electron chi connectivity index (χ3n) is 6.25. The largest absolute Gasteiger partial charge is 0.490 e. The molecule has 0 amide bonds. The van der Waals surface area contributed by atoms with Crippen LogP contribution in [0.15, 0.2) is 12.4 Å². The Labute approximate surface area is 231 Å². The highest BCUT2D eigenvalue weighted by Gasteiger charge is 2.38. The maximum Gasteiger partial charge on any atom is 0.490 e. The van der Waals surface area contributed by atoms with Crippen molar-refractivity contribution in [2.24, 2.45) is 5.92 Å². The van der Waals surface area contributed by atoms with Crippen molar-refractivity contribution < 1.29 is 46.1 Å². The maximum atomic E-state index is 10.6. The lowest BCUT2D eigenvalue weighted by Crippen LogP contribution is -2.36. The first kappa shape index (κ1) is 33.5. The molecule has 0 spiro atoms. The fourth-order valence-corrected chi connectivity index (χ4v) is 4.02. The van der Waals surface area contributed by atoms with Gasteiger partial charge in [-0.3, -0.25) is 9.58 Å². The quantitative estimate of drug-likeness (QED) is 0.433. The van der Waals surface area contributed by atoms with Gasteiger partial charge >= 0.3 is 24.3 Å². The summed E-state index contributed by atoms with van der Waals surface area (Å²) >= 11 is 0. The first-order valence-corrected chi connectivity index (χ1v) is 12.6. The van der Waals surface area contributed by atoms with Crippen LogP contribution in [0, 0.1) is 12.8 Å². The molecular formula is C23H32F6N8O4. The first-order valence-electron chi connectivity index (χ1n) is 12.6. The number of anilines is 2. The third kappa shape index (κ3) is 11.7. The van der Waals surface area contributed by atoms with Crippen LogP contribution in [0.5, 0.6) is 0 Å². The van der Waals surface area contributed by atoms with Gasteiger partial charge in [0.15, 0.2) is 0 Å². The molecule has 2 aliphatic heterocycles. The predicted octanol–water partition coefficient (Wildman–Crippen LogP) is 3.13. The number of carboxylic acid groups (broad SMARTS) is 2. The molecular weight excluding hydrogens is 566 g/mol. The molecule has 0 aromatic carbocycles. The van der Waals surface area contributed by atoms with Crippen molar-refractivity contribution in [3.05, 3.63) is 23.7 Å². The summed E-state index contributed by atoms with van der Waals surface area (Å²) < 4.78 is 65.5. The Kier molecular flexibility index (Phi) is 12.1. The van der Waals surface area contributed by atoms with Gasteiger partial charge in [-0.2, -0.15) is 31.3 Å². The molecule has 0 bridgehead atoms. The summed E-state index contributed by atoms with van der Waals surface area (Å²) in [6, 6.07) is 0. The molecule has 2 fully saturated rings. The highest BCUT2D eigenvalue weighted by Crippen LogP contribution is 2.23. The van der Waals surface area contributed by atoms with Crippen LogP contribution in [0.4, 0.5) is 38.1 Å². The molecule has 2 aromatic rings. The topological polar surface area (TPSA) is 164 Å². The summed E-state index contributed by atoms with van der Waals surface area (Å²) in [6.07, 6.45) is -0.0288. The van der Waals surface area contributed by atoms with Crippen molar-refractivity contribution in [3.63, 3.8) is 0 Å². The van der Waals surface area contributed by atoms with Gasteiger partial charge in [-0.25, -0.2) is 14.6 Å². The zero-order valence-corrected chi connectivity index (χ0v) is 22.2. The van der Waals surface area contributed by atoms with Gasteiger partial charge in [-0.05, 0) is 51.6 Å². The van der Waals surface area contributed by atoms with Crippen molar-refractivity contribution in [2.75, 3.05) is 36.8 Å². The standard InChI is InChI=1S/C19H30N8.2C2HF3O2/c1-15-11-21-19(22-18(15)20)26-9-5-16(6-10-26)12-27-14-17(23-24-27)13-25-7-3-2-4-8-25;2*3-2(4,5)1(6)7/h11,14,16H,2-10,12-13H2,1H3,(H2,20,21,22);2*(H,6,7). The third-order valence-corrected chi connectivity index (χ3v) is 6.25. The van der Waals surface area contributed by atoms with E-state index in [4.69, 9.17) is 25.5 Å². The number of nitrogen functional groups attached to an aromatic ring is 1. The minimum atomic E-state index is -5.08. The van der Waals surface area contributed by atoms with Crippen molar-refractivity contribution in [1.82, 2.24) is 29.9 Å². The molecule has 41 heavy (non-hydrogen) atoms. The Morgan fingerprint density at radius 3 is 2.00 bits per heavy atom. The number of likely N-dealkylation sites (tertiary alicyclic amines) is 1. The van der Waals surface area contributed by atoms with Gasteiger partial charge in [-0.15, -0.1) is 5.10 Å². The molecule has 2 aliphatic rings. The summed E-state index contributed by atoms with van der Waals surface area (Å²) in [6.45, 7) is 8.12. The number of halogens is 6. The van der Waals surface area contributed by atoms with Crippen LogP contribution in [0.2, 0.25) is 0 Å². The molecule has 230 valence electrons. The van der Waals surface area contributed by atoms with Gasteiger partial charge in [0.25, 0.3) is 0 Å². The molecule has 4 rings (SSSR count). The molecule has 0 saturated carbocycles. The van der Waals surface area contributed by atoms with Crippen molar-refractivity contribution in [2.45, 2.75) is 64.5 Å². The predicted molar refractivity (Wildman–Crippen MR) is 133 cm³/mol. The number of carbonyl (C=O) groups is 2. The van der Waals surface area contributed by atoms with Crippen LogP contribution in [0.25, 0.3) is 0 Å². The van der Waals surface area contributed by atoms with Gasteiger partial charge in [0.1, 0.15) is 5.82 Å². The van der Waals surface area contributed by atoms with Gasteiger partial charge in [0, 0.05) is 44.1 Å². The fourth-order valence-electron chi connectivity index (χ4n) is 4.02. The molecule has 4 heterocycles. The van der Waals surface area contributed by atoms with Crippen LogP contribution in [-0.4, -0.2) is 90.5 Å². The zero-order valence-electron chi connectivity index (χ0n) is 22.2. The SMILES string of the molecule is Cc1cnc(N2CCC(Cn3cc(CN4CCCCC4)nn3)CC2)nc1N.O=C(O)C(F)(F)F.O=C(O)C(F)(F)F. The van der Waals surface area contributed by atoms with E-state index >= 15 is 0 Å². The van der Waals surface area contributed by atoms with Gasteiger partial charge < -0.3 is 20.8 Å². The van der Waals surface area contributed by atoms with Gasteiger partial charge in [-0.1, -0.05) is 11.6 Å². The summed E-state index contributed by atoms with van der Waals surface area (Å²) in [7, 11) is 0. The Morgan fingerprint density at radius 2 is 1.51 bits per heavy atom. The number of hydrogen-bond donors (Lipinski definition) is 3. The second kappa shape index (κ2) is 14.8. The van der Waals surface area contributed by atoms with Crippen molar-refractivity contribution in [3.8, 4) is 0 Å². The molecule has 18 heteroatoms. The van der Waals surface area contributed by atoms with E-state index in [1.807, 2.05) is 17.8 Å². The number of carboxylic acids is 2. The molecule has 12 nitrogen and oxygen atoms in total. The highest BCUT2D eigenvalue weighted by molar-refractivity contribution is 5.73. The average Bonchev–Trinajstić information content (AvgIpc) is 3.33. The average molecular weight is 599 g/mol. The summed E-state index contributed by atoms with van der Waals surface area (Å²) in [5.41, 5.74) is 7.95. The van der Waals surface area contributed by atoms with E-state index in [-0.39, 0.29) is 0 Å².